The smallest absolute Gasteiger partial charge is 0.349 e. The predicted molar refractivity (Wildman–Crippen MR) is 94.8 cm³/mol. The van der Waals surface area contributed by atoms with E-state index in [0.717, 1.165) is 0 Å². The highest BCUT2D eigenvalue weighted by molar-refractivity contribution is 6.06. The van der Waals surface area contributed by atoms with Gasteiger partial charge in [-0.3, -0.25) is 14.9 Å². The summed E-state index contributed by atoms with van der Waals surface area (Å²) in [7, 11) is 1.50. The molecule has 1 heterocycles. The molecule has 0 saturated heterocycles. The van der Waals surface area contributed by atoms with Crippen molar-refractivity contribution in [2.75, 3.05) is 12.4 Å². The number of non-ortho nitro benzene ring substituents is 1. The summed E-state index contributed by atoms with van der Waals surface area (Å²) in [5, 5.41) is 13.9. The van der Waals surface area contributed by atoms with Gasteiger partial charge in [0.05, 0.1) is 17.7 Å². The zero-order valence-corrected chi connectivity index (χ0v) is 13.9. The third-order valence-corrected chi connectivity index (χ3v) is 3.86. The lowest BCUT2D eigenvalue weighted by molar-refractivity contribution is -0.384. The summed E-state index contributed by atoms with van der Waals surface area (Å²) in [6.45, 7) is 1.69. The molecule has 0 spiro atoms. The highest BCUT2D eigenvalue weighted by atomic mass is 16.6. The number of ether oxygens (including phenoxy) is 1. The molecule has 8 nitrogen and oxygen atoms in total. The van der Waals surface area contributed by atoms with Crippen LogP contribution in [0.1, 0.15) is 15.9 Å². The number of benzene rings is 2. The first-order valence-electron chi connectivity index (χ1n) is 7.57. The van der Waals surface area contributed by atoms with Gasteiger partial charge < -0.3 is 14.5 Å². The van der Waals surface area contributed by atoms with E-state index in [9.17, 15) is 19.7 Å². The van der Waals surface area contributed by atoms with Crippen LogP contribution in [0.5, 0.6) is 5.75 Å². The van der Waals surface area contributed by atoms with E-state index in [2.05, 4.69) is 5.32 Å². The Bertz CT molecular complexity index is 1090. The van der Waals surface area contributed by atoms with Crippen LogP contribution in [-0.2, 0) is 0 Å². The summed E-state index contributed by atoms with van der Waals surface area (Å²) >= 11 is 0. The first-order chi connectivity index (χ1) is 12.4. The Morgan fingerprint density at radius 3 is 2.65 bits per heavy atom. The van der Waals surface area contributed by atoms with Gasteiger partial charge in [-0.1, -0.05) is 6.07 Å². The number of rotatable bonds is 4. The molecule has 0 saturated carbocycles. The number of carbonyl (C=O) groups is 1. The SMILES string of the molecule is COc1ccc2oc(=O)c(C(=O)Nc3cc([N+](=O)[O-])ccc3C)cc2c1. The minimum absolute atomic E-state index is 0.166. The van der Waals surface area contributed by atoms with Crippen LogP contribution in [0, 0.1) is 17.0 Å². The number of hydrogen-bond acceptors (Lipinski definition) is 6. The van der Waals surface area contributed by atoms with Crippen LogP contribution in [0.4, 0.5) is 11.4 Å². The van der Waals surface area contributed by atoms with E-state index in [1.807, 2.05) is 0 Å². The quantitative estimate of drug-likeness (QED) is 0.437. The Hall–Kier alpha value is -3.68. The average molecular weight is 354 g/mol. The van der Waals surface area contributed by atoms with Crippen molar-refractivity contribution in [2.24, 2.45) is 0 Å². The molecule has 3 rings (SSSR count). The fraction of sp³-hybridized carbons (Fsp3) is 0.111. The highest BCUT2D eigenvalue weighted by Crippen LogP contribution is 2.23. The molecule has 0 aliphatic rings. The molecule has 0 aliphatic carbocycles. The van der Waals surface area contributed by atoms with Crippen LogP contribution in [-0.4, -0.2) is 17.9 Å². The number of anilines is 1. The van der Waals surface area contributed by atoms with Crippen molar-refractivity contribution in [1.82, 2.24) is 0 Å². The molecule has 0 unspecified atom stereocenters. The van der Waals surface area contributed by atoms with E-state index in [-0.39, 0.29) is 16.9 Å². The number of amides is 1. The molecule has 0 radical (unpaired) electrons. The maximum Gasteiger partial charge on any atom is 0.349 e. The van der Waals surface area contributed by atoms with Gasteiger partial charge in [0.15, 0.2) is 0 Å². The summed E-state index contributed by atoms with van der Waals surface area (Å²) in [4.78, 5) is 34.9. The Morgan fingerprint density at radius 1 is 1.19 bits per heavy atom. The average Bonchev–Trinajstić information content (AvgIpc) is 2.62. The Balaban J connectivity index is 2.00. The summed E-state index contributed by atoms with van der Waals surface area (Å²) < 4.78 is 10.3. The summed E-state index contributed by atoms with van der Waals surface area (Å²) in [5.74, 6) is -0.167. The lowest BCUT2D eigenvalue weighted by atomic mass is 10.1. The minimum Gasteiger partial charge on any atom is -0.497 e. The summed E-state index contributed by atoms with van der Waals surface area (Å²) in [6, 6.07) is 10.3. The molecular formula is C18H14N2O6. The second-order valence-corrected chi connectivity index (χ2v) is 5.56. The monoisotopic (exact) mass is 354 g/mol. The molecule has 0 aliphatic heterocycles. The van der Waals surface area contributed by atoms with E-state index in [1.54, 1.807) is 25.1 Å². The van der Waals surface area contributed by atoms with Crippen molar-refractivity contribution in [1.29, 1.82) is 0 Å². The number of nitro groups is 1. The molecular weight excluding hydrogens is 340 g/mol. The lowest BCUT2D eigenvalue weighted by Crippen LogP contribution is -2.21. The van der Waals surface area contributed by atoms with Gasteiger partial charge in [-0.15, -0.1) is 0 Å². The van der Waals surface area contributed by atoms with E-state index >= 15 is 0 Å². The molecule has 8 heteroatoms. The Labute approximate surface area is 147 Å². The van der Waals surface area contributed by atoms with Gasteiger partial charge in [0.1, 0.15) is 16.9 Å². The second kappa shape index (κ2) is 6.67. The molecule has 1 aromatic heterocycles. The second-order valence-electron chi connectivity index (χ2n) is 5.56. The zero-order chi connectivity index (χ0) is 18.8. The van der Waals surface area contributed by atoms with Crippen LogP contribution in [0.15, 0.2) is 51.7 Å². The van der Waals surface area contributed by atoms with Crippen LogP contribution in [0.3, 0.4) is 0 Å². The van der Waals surface area contributed by atoms with Crippen molar-refractivity contribution in [3.05, 3.63) is 74.1 Å². The largest absolute Gasteiger partial charge is 0.497 e. The molecule has 0 bridgehead atoms. The first kappa shape index (κ1) is 17.2. The van der Waals surface area contributed by atoms with Gasteiger partial charge >= 0.3 is 5.63 Å². The van der Waals surface area contributed by atoms with Gasteiger partial charge in [-0.05, 0) is 36.8 Å². The van der Waals surface area contributed by atoms with Crippen LogP contribution >= 0.6 is 0 Å². The van der Waals surface area contributed by atoms with E-state index in [4.69, 9.17) is 9.15 Å². The molecule has 0 fully saturated rings. The van der Waals surface area contributed by atoms with Gasteiger partial charge in [0, 0.05) is 17.5 Å². The molecule has 26 heavy (non-hydrogen) atoms. The Morgan fingerprint density at radius 2 is 1.96 bits per heavy atom. The maximum absolute atomic E-state index is 12.5. The van der Waals surface area contributed by atoms with Gasteiger partial charge in [-0.2, -0.15) is 0 Å². The molecule has 1 N–H and O–H groups in total. The van der Waals surface area contributed by atoms with Crippen LogP contribution in [0.2, 0.25) is 0 Å². The topological polar surface area (TPSA) is 112 Å². The fourth-order valence-electron chi connectivity index (χ4n) is 2.43. The first-order valence-corrected chi connectivity index (χ1v) is 7.57. The minimum atomic E-state index is -0.803. The highest BCUT2D eigenvalue weighted by Gasteiger charge is 2.17. The van der Waals surface area contributed by atoms with E-state index in [1.165, 1.54) is 31.4 Å². The van der Waals surface area contributed by atoms with E-state index in [0.29, 0.717) is 22.3 Å². The molecule has 132 valence electrons. The van der Waals surface area contributed by atoms with Crippen LogP contribution in [0.25, 0.3) is 11.0 Å². The van der Waals surface area contributed by atoms with Gasteiger partial charge in [0.25, 0.3) is 11.6 Å². The molecule has 1 amide bonds. The van der Waals surface area contributed by atoms with Gasteiger partial charge in [-0.25, -0.2) is 4.79 Å². The van der Waals surface area contributed by atoms with Crippen LogP contribution < -0.4 is 15.7 Å². The number of nitro benzene ring substituents is 1. The molecule has 2 aromatic carbocycles. The van der Waals surface area contributed by atoms with Crippen molar-refractivity contribution in [3.8, 4) is 5.75 Å². The summed E-state index contributed by atoms with van der Waals surface area (Å²) in [6.07, 6.45) is 0. The van der Waals surface area contributed by atoms with Crippen molar-refractivity contribution >= 4 is 28.3 Å². The zero-order valence-electron chi connectivity index (χ0n) is 13.9. The normalized spacial score (nSPS) is 10.5. The number of aryl methyl sites for hydroxylation is 1. The number of nitrogens with one attached hydrogen (secondary N) is 1. The number of methoxy groups -OCH3 is 1. The third-order valence-electron chi connectivity index (χ3n) is 3.86. The van der Waals surface area contributed by atoms with Crippen molar-refractivity contribution in [2.45, 2.75) is 6.92 Å². The number of carbonyl (C=O) groups excluding carboxylic acids is 1. The predicted octanol–water partition coefficient (Wildman–Crippen LogP) is 3.27. The standard InChI is InChI=1S/C18H14N2O6/c1-10-3-4-12(20(23)24)9-15(10)19-17(21)14-8-11-7-13(25-2)5-6-16(11)26-18(14)22/h3-9H,1-2H3,(H,19,21). The van der Waals surface area contributed by atoms with E-state index < -0.39 is 16.5 Å². The maximum atomic E-state index is 12.5. The number of hydrogen-bond donors (Lipinski definition) is 1. The molecule has 0 atom stereocenters. The summed E-state index contributed by atoms with van der Waals surface area (Å²) in [5.41, 5.74) is 0.00473. The van der Waals surface area contributed by atoms with Crippen molar-refractivity contribution < 1.29 is 18.9 Å². The number of fused-ring (bicyclic) bond motifs is 1. The fourth-order valence-corrected chi connectivity index (χ4v) is 2.43. The Kier molecular flexibility index (Phi) is 4.40. The molecule has 3 aromatic rings. The van der Waals surface area contributed by atoms with Gasteiger partial charge in [0.2, 0.25) is 0 Å². The lowest BCUT2D eigenvalue weighted by Gasteiger charge is -2.08. The third kappa shape index (κ3) is 3.25. The number of nitrogens with zero attached hydrogens (tertiary/aromatic N) is 1. The van der Waals surface area contributed by atoms with Crippen molar-refractivity contribution in [3.63, 3.8) is 0 Å².